The van der Waals surface area contributed by atoms with Gasteiger partial charge >= 0.3 is 0 Å². The molecule has 9 heteroatoms. The number of morpholine rings is 1. The van der Waals surface area contributed by atoms with Gasteiger partial charge in [-0.05, 0) is 45.8 Å². The predicted molar refractivity (Wildman–Crippen MR) is 125 cm³/mol. The number of rotatable bonds is 7. The minimum absolute atomic E-state index is 0.214. The van der Waals surface area contributed by atoms with Crippen LogP contribution in [-0.4, -0.2) is 42.2 Å². The number of halogens is 1. The molecule has 0 bridgehead atoms. The first-order valence-electron chi connectivity index (χ1n) is 9.94. The van der Waals surface area contributed by atoms with Crippen molar-refractivity contribution < 1.29 is 9.53 Å². The molecule has 2 heterocycles. The van der Waals surface area contributed by atoms with Gasteiger partial charge in [-0.1, -0.05) is 24.3 Å². The predicted octanol–water partition coefficient (Wildman–Crippen LogP) is 3.59. The van der Waals surface area contributed by atoms with Crippen molar-refractivity contribution in [2.24, 2.45) is 5.73 Å². The topological polar surface area (TPSA) is 105 Å². The van der Waals surface area contributed by atoms with Crippen LogP contribution >= 0.6 is 15.9 Å². The van der Waals surface area contributed by atoms with Crippen LogP contribution in [-0.2, 0) is 16.0 Å². The number of anilines is 5. The molecule has 160 valence electrons. The number of benzene rings is 2. The number of hydrogen-bond acceptors (Lipinski definition) is 7. The molecule has 0 saturated carbocycles. The average Bonchev–Trinajstić information content (AvgIpc) is 2.78. The number of primary amides is 1. The SMILES string of the molecule is NC(=O)Cc1ccc(Nc2ncc(Br)c(Nc3ccccc3N3CCOCC3)n2)cc1. The fourth-order valence-electron chi connectivity index (χ4n) is 3.34. The van der Waals surface area contributed by atoms with Gasteiger partial charge in [0, 0.05) is 25.0 Å². The molecule has 1 saturated heterocycles. The Morgan fingerprint density at radius 1 is 1.10 bits per heavy atom. The van der Waals surface area contributed by atoms with Crippen molar-refractivity contribution in [1.29, 1.82) is 0 Å². The zero-order valence-corrected chi connectivity index (χ0v) is 18.4. The molecule has 0 spiro atoms. The standard InChI is InChI=1S/C22H23BrN6O2/c23-17-14-25-22(26-16-7-5-15(6-8-16)13-20(24)30)28-21(17)27-18-3-1-2-4-19(18)29-9-11-31-12-10-29/h1-8,14H,9-13H2,(H2,24,30)(H2,25,26,27,28). The Balaban J connectivity index is 1.52. The summed E-state index contributed by atoms with van der Waals surface area (Å²) in [5, 5.41) is 6.61. The maximum atomic E-state index is 11.1. The molecule has 1 aliphatic rings. The molecule has 4 N–H and O–H groups in total. The lowest BCUT2D eigenvalue weighted by Crippen LogP contribution is -2.36. The molecule has 2 aromatic carbocycles. The highest BCUT2D eigenvalue weighted by molar-refractivity contribution is 9.10. The first kappa shape index (κ1) is 21.1. The number of carbonyl (C=O) groups is 1. The number of para-hydroxylation sites is 2. The molecular formula is C22H23BrN6O2. The third-order valence-corrected chi connectivity index (χ3v) is 5.42. The van der Waals surface area contributed by atoms with Crippen molar-refractivity contribution in [2.75, 3.05) is 41.8 Å². The van der Waals surface area contributed by atoms with Gasteiger partial charge in [-0.2, -0.15) is 4.98 Å². The Labute approximate surface area is 189 Å². The molecule has 0 atom stereocenters. The molecule has 3 aromatic rings. The highest BCUT2D eigenvalue weighted by Gasteiger charge is 2.16. The van der Waals surface area contributed by atoms with Crippen molar-refractivity contribution in [3.8, 4) is 0 Å². The maximum Gasteiger partial charge on any atom is 0.229 e. The van der Waals surface area contributed by atoms with Crippen molar-refractivity contribution in [3.63, 3.8) is 0 Å². The lowest BCUT2D eigenvalue weighted by atomic mass is 10.1. The highest BCUT2D eigenvalue weighted by atomic mass is 79.9. The van der Waals surface area contributed by atoms with Crippen LogP contribution in [0.15, 0.2) is 59.2 Å². The number of nitrogens with one attached hydrogen (secondary N) is 2. The summed E-state index contributed by atoms with van der Waals surface area (Å²) in [7, 11) is 0. The van der Waals surface area contributed by atoms with Gasteiger partial charge < -0.3 is 26.0 Å². The van der Waals surface area contributed by atoms with E-state index in [1.807, 2.05) is 42.5 Å². The molecule has 31 heavy (non-hydrogen) atoms. The Morgan fingerprint density at radius 2 is 1.84 bits per heavy atom. The number of ether oxygens (including phenoxy) is 1. The summed E-state index contributed by atoms with van der Waals surface area (Å²) in [6, 6.07) is 15.6. The molecule has 1 aromatic heterocycles. The minimum Gasteiger partial charge on any atom is -0.378 e. The molecule has 1 amide bonds. The summed E-state index contributed by atoms with van der Waals surface area (Å²) in [6.45, 7) is 3.14. The van der Waals surface area contributed by atoms with Crippen LogP contribution in [0.4, 0.5) is 28.8 Å². The van der Waals surface area contributed by atoms with E-state index in [0.29, 0.717) is 11.8 Å². The summed E-state index contributed by atoms with van der Waals surface area (Å²) >= 11 is 3.53. The largest absolute Gasteiger partial charge is 0.378 e. The van der Waals surface area contributed by atoms with Crippen molar-refractivity contribution >= 4 is 50.7 Å². The van der Waals surface area contributed by atoms with Crippen LogP contribution in [0, 0.1) is 0 Å². The monoisotopic (exact) mass is 482 g/mol. The fraction of sp³-hybridized carbons (Fsp3) is 0.227. The normalized spacial score (nSPS) is 13.6. The Morgan fingerprint density at radius 3 is 2.58 bits per heavy atom. The van der Waals surface area contributed by atoms with E-state index < -0.39 is 0 Å². The number of hydrogen-bond donors (Lipinski definition) is 3. The van der Waals surface area contributed by atoms with Crippen LogP contribution in [0.3, 0.4) is 0 Å². The minimum atomic E-state index is -0.356. The lowest BCUT2D eigenvalue weighted by molar-refractivity contribution is -0.117. The first-order chi connectivity index (χ1) is 15.1. The first-order valence-corrected chi connectivity index (χ1v) is 10.7. The Kier molecular flexibility index (Phi) is 6.63. The van der Waals surface area contributed by atoms with Crippen molar-refractivity contribution in [1.82, 2.24) is 9.97 Å². The van der Waals surface area contributed by atoms with E-state index in [1.54, 1.807) is 6.20 Å². The third-order valence-electron chi connectivity index (χ3n) is 4.84. The van der Waals surface area contributed by atoms with Crippen LogP contribution in [0.25, 0.3) is 0 Å². The van der Waals surface area contributed by atoms with E-state index in [2.05, 4.69) is 47.5 Å². The van der Waals surface area contributed by atoms with E-state index in [1.165, 1.54) is 0 Å². The molecule has 0 unspecified atom stereocenters. The fourth-order valence-corrected chi connectivity index (χ4v) is 3.63. The second-order valence-corrected chi connectivity index (χ2v) is 7.95. The molecular weight excluding hydrogens is 460 g/mol. The van der Waals surface area contributed by atoms with Crippen LogP contribution in [0.2, 0.25) is 0 Å². The molecule has 8 nitrogen and oxygen atoms in total. The van der Waals surface area contributed by atoms with Gasteiger partial charge in [-0.15, -0.1) is 0 Å². The molecule has 0 aliphatic carbocycles. The zero-order valence-electron chi connectivity index (χ0n) is 16.8. The van der Waals surface area contributed by atoms with Crippen LogP contribution < -0.4 is 21.3 Å². The van der Waals surface area contributed by atoms with E-state index in [9.17, 15) is 4.79 Å². The van der Waals surface area contributed by atoms with E-state index in [4.69, 9.17) is 10.5 Å². The van der Waals surface area contributed by atoms with E-state index in [0.717, 1.165) is 53.4 Å². The van der Waals surface area contributed by atoms with Crippen molar-refractivity contribution in [2.45, 2.75) is 6.42 Å². The summed E-state index contributed by atoms with van der Waals surface area (Å²) in [4.78, 5) is 22.3. The Bertz CT molecular complexity index is 1050. The average molecular weight is 483 g/mol. The van der Waals surface area contributed by atoms with Gasteiger partial charge in [0.1, 0.15) is 5.82 Å². The maximum absolute atomic E-state index is 11.1. The van der Waals surface area contributed by atoms with E-state index >= 15 is 0 Å². The van der Waals surface area contributed by atoms with Gasteiger partial charge in [0.15, 0.2) is 0 Å². The third kappa shape index (κ3) is 5.50. The van der Waals surface area contributed by atoms with Gasteiger partial charge in [-0.3, -0.25) is 4.79 Å². The van der Waals surface area contributed by atoms with Gasteiger partial charge in [0.05, 0.1) is 35.5 Å². The van der Waals surface area contributed by atoms with Gasteiger partial charge in [-0.25, -0.2) is 4.98 Å². The van der Waals surface area contributed by atoms with Crippen molar-refractivity contribution in [3.05, 3.63) is 64.8 Å². The van der Waals surface area contributed by atoms with Crippen LogP contribution in [0.5, 0.6) is 0 Å². The molecule has 4 rings (SSSR count). The molecule has 0 radical (unpaired) electrons. The number of nitrogens with zero attached hydrogens (tertiary/aromatic N) is 3. The summed E-state index contributed by atoms with van der Waals surface area (Å²) in [5.74, 6) is 0.755. The number of aromatic nitrogens is 2. The highest BCUT2D eigenvalue weighted by Crippen LogP contribution is 2.32. The second-order valence-electron chi connectivity index (χ2n) is 7.10. The zero-order chi connectivity index (χ0) is 21.6. The van der Waals surface area contributed by atoms with Gasteiger partial charge in [0.25, 0.3) is 0 Å². The molecule has 1 fully saturated rings. The summed E-state index contributed by atoms with van der Waals surface area (Å²) < 4.78 is 6.23. The number of amides is 1. The summed E-state index contributed by atoms with van der Waals surface area (Å²) in [5.41, 5.74) is 8.99. The quantitative estimate of drug-likeness (QED) is 0.472. The van der Waals surface area contributed by atoms with E-state index in [-0.39, 0.29) is 12.3 Å². The lowest BCUT2D eigenvalue weighted by Gasteiger charge is -2.30. The Hall–Kier alpha value is -3.17. The smallest absolute Gasteiger partial charge is 0.229 e. The molecule has 1 aliphatic heterocycles. The second kappa shape index (κ2) is 9.76. The van der Waals surface area contributed by atoms with Crippen LogP contribution in [0.1, 0.15) is 5.56 Å². The van der Waals surface area contributed by atoms with Gasteiger partial charge in [0.2, 0.25) is 11.9 Å². The number of nitrogens with two attached hydrogens (primary N) is 1. The summed E-state index contributed by atoms with van der Waals surface area (Å²) in [6.07, 6.45) is 1.92. The number of carbonyl (C=O) groups excluding carboxylic acids is 1.